The number of nitro groups is 1. The van der Waals surface area contributed by atoms with Crippen molar-refractivity contribution in [1.82, 2.24) is 4.98 Å². The first-order valence-corrected chi connectivity index (χ1v) is 5.49. The van der Waals surface area contributed by atoms with E-state index in [-0.39, 0.29) is 11.3 Å². The van der Waals surface area contributed by atoms with E-state index in [0.29, 0.717) is 5.82 Å². The molecular formula is C11H12N4O2. The number of pyridine rings is 1. The maximum Gasteiger partial charge on any atom is 0.289 e. The molecule has 0 aliphatic heterocycles. The molecule has 0 saturated heterocycles. The van der Waals surface area contributed by atoms with Crippen LogP contribution in [0.1, 0.15) is 24.8 Å². The second-order valence-corrected chi connectivity index (χ2v) is 4.12. The van der Waals surface area contributed by atoms with Gasteiger partial charge in [0.15, 0.2) is 0 Å². The van der Waals surface area contributed by atoms with Gasteiger partial charge in [0.05, 0.1) is 4.92 Å². The number of nitrogens with zero attached hydrogens (tertiary/aromatic N) is 3. The first-order valence-electron chi connectivity index (χ1n) is 5.49. The van der Waals surface area contributed by atoms with Crippen molar-refractivity contribution in [2.75, 3.05) is 11.9 Å². The molecule has 0 bridgehead atoms. The SMILES string of the molecule is N#Cc1cc([N+](=O)[O-])cnc1NCCC1CC1. The molecule has 88 valence electrons. The van der Waals surface area contributed by atoms with Gasteiger partial charge in [-0.25, -0.2) is 4.98 Å². The van der Waals surface area contributed by atoms with Crippen LogP contribution in [-0.2, 0) is 0 Å². The number of anilines is 1. The van der Waals surface area contributed by atoms with Gasteiger partial charge in [-0.1, -0.05) is 12.8 Å². The topological polar surface area (TPSA) is 91.8 Å². The van der Waals surface area contributed by atoms with Gasteiger partial charge in [0.2, 0.25) is 0 Å². The molecule has 1 N–H and O–H groups in total. The van der Waals surface area contributed by atoms with Crippen LogP contribution in [0.25, 0.3) is 0 Å². The fraction of sp³-hybridized carbons (Fsp3) is 0.455. The minimum Gasteiger partial charge on any atom is -0.369 e. The average Bonchev–Trinajstić information content (AvgIpc) is 3.13. The molecule has 6 heteroatoms. The molecule has 0 unspecified atom stereocenters. The molecule has 1 fully saturated rings. The Morgan fingerprint density at radius 2 is 2.41 bits per heavy atom. The van der Waals surface area contributed by atoms with Gasteiger partial charge in [-0.3, -0.25) is 10.1 Å². The Bertz CT molecular complexity index is 477. The summed E-state index contributed by atoms with van der Waals surface area (Å²) in [6.07, 6.45) is 4.78. The lowest BCUT2D eigenvalue weighted by Crippen LogP contribution is -2.06. The second kappa shape index (κ2) is 4.78. The molecule has 0 spiro atoms. The van der Waals surface area contributed by atoms with Crippen molar-refractivity contribution in [3.05, 3.63) is 27.9 Å². The van der Waals surface area contributed by atoms with Crippen molar-refractivity contribution in [1.29, 1.82) is 5.26 Å². The molecular weight excluding hydrogens is 220 g/mol. The average molecular weight is 232 g/mol. The molecule has 1 aliphatic carbocycles. The van der Waals surface area contributed by atoms with Crippen LogP contribution in [0.15, 0.2) is 12.3 Å². The van der Waals surface area contributed by atoms with Gasteiger partial charge in [0.1, 0.15) is 23.6 Å². The van der Waals surface area contributed by atoms with Crippen LogP contribution in [0.5, 0.6) is 0 Å². The van der Waals surface area contributed by atoms with Crippen LogP contribution in [0, 0.1) is 27.4 Å². The maximum absolute atomic E-state index is 10.5. The highest BCUT2D eigenvalue weighted by atomic mass is 16.6. The molecule has 6 nitrogen and oxygen atoms in total. The van der Waals surface area contributed by atoms with E-state index in [0.717, 1.165) is 18.9 Å². The number of nitrogens with one attached hydrogen (secondary N) is 1. The van der Waals surface area contributed by atoms with Crippen molar-refractivity contribution in [3.8, 4) is 6.07 Å². The summed E-state index contributed by atoms with van der Waals surface area (Å²) in [6.45, 7) is 0.754. The molecule has 17 heavy (non-hydrogen) atoms. The van der Waals surface area contributed by atoms with Gasteiger partial charge >= 0.3 is 0 Å². The van der Waals surface area contributed by atoms with Crippen LogP contribution >= 0.6 is 0 Å². The van der Waals surface area contributed by atoms with Crippen molar-refractivity contribution in [3.63, 3.8) is 0 Å². The Morgan fingerprint density at radius 3 is 3.00 bits per heavy atom. The number of aromatic nitrogens is 1. The smallest absolute Gasteiger partial charge is 0.289 e. The first kappa shape index (κ1) is 11.3. The quantitative estimate of drug-likeness (QED) is 0.619. The van der Waals surface area contributed by atoms with Crippen molar-refractivity contribution >= 4 is 11.5 Å². The fourth-order valence-electron chi connectivity index (χ4n) is 1.58. The fourth-order valence-corrected chi connectivity index (χ4v) is 1.58. The van der Waals surface area contributed by atoms with Gasteiger partial charge in [-0.15, -0.1) is 0 Å². The molecule has 0 amide bonds. The molecule has 0 atom stereocenters. The largest absolute Gasteiger partial charge is 0.369 e. The Balaban J connectivity index is 2.04. The van der Waals surface area contributed by atoms with E-state index >= 15 is 0 Å². The lowest BCUT2D eigenvalue weighted by molar-refractivity contribution is -0.385. The summed E-state index contributed by atoms with van der Waals surface area (Å²) in [5.74, 6) is 1.23. The van der Waals surface area contributed by atoms with Gasteiger partial charge in [-0.05, 0) is 12.3 Å². The lowest BCUT2D eigenvalue weighted by atomic mass is 10.2. The molecule has 1 aromatic rings. The minimum absolute atomic E-state index is 0.158. The minimum atomic E-state index is -0.554. The van der Waals surface area contributed by atoms with Crippen molar-refractivity contribution in [2.45, 2.75) is 19.3 Å². The molecule has 0 radical (unpaired) electrons. The standard InChI is InChI=1S/C11H12N4O2/c12-6-9-5-10(15(16)17)7-14-11(9)13-4-3-8-1-2-8/h5,7-8H,1-4H2,(H,13,14). The third kappa shape index (κ3) is 2.91. The Labute approximate surface area is 98.4 Å². The van der Waals surface area contributed by atoms with Crippen molar-refractivity contribution in [2.24, 2.45) is 5.92 Å². The van der Waals surface area contributed by atoms with Gasteiger partial charge < -0.3 is 5.32 Å². The summed E-state index contributed by atoms with van der Waals surface area (Å²) in [7, 11) is 0. The number of nitriles is 1. The molecule has 1 aromatic heterocycles. The zero-order chi connectivity index (χ0) is 12.3. The first-order chi connectivity index (χ1) is 8.20. The summed E-state index contributed by atoms with van der Waals surface area (Å²) in [6, 6.07) is 3.16. The number of hydrogen-bond acceptors (Lipinski definition) is 5. The molecule has 1 aliphatic rings. The van der Waals surface area contributed by atoms with E-state index in [1.54, 1.807) is 0 Å². The highest BCUT2D eigenvalue weighted by molar-refractivity contribution is 5.55. The summed E-state index contributed by atoms with van der Waals surface area (Å²) in [5, 5.41) is 22.5. The molecule has 1 saturated carbocycles. The van der Waals surface area contributed by atoms with Gasteiger partial charge in [-0.2, -0.15) is 5.26 Å². The maximum atomic E-state index is 10.5. The third-order valence-electron chi connectivity index (χ3n) is 2.75. The van der Waals surface area contributed by atoms with E-state index in [2.05, 4.69) is 10.3 Å². The normalized spacial score (nSPS) is 14.1. The molecule has 0 aromatic carbocycles. The highest BCUT2D eigenvalue weighted by Gasteiger charge is 2.20. The summed E-state index contributed by atoms with van der Waals surface area (Å²) in [5.41, 5.74) is 0.0595. The van der Waals surface area contributed by atoms with Crippen molar-refractivity contribution < 1.29 is 4.92 Å². The Hall–Kier alpha value is -2.16. The second-order valence-electron chi connectivity index (χ2n) is 4.12. The van der Waals surface area contributed by atoms with E-state index in [9.17, 15) is 10.1 Å². The van der Waals surface area contributed by atoms with E-state index in [1.165, 1.54) is 25.1 Å². The molecule has 1 heterocycles. The predicted molar refractivity (Wildman–Crippen MR) is 61.4 cm³/mol. The van der Waals surface area contributed by atoms with Crippen LogP contribution in [0.4, 0.5) is 11.5 Å². The van der Waals surface area contributed by atoms with Gasteiger partial charge in [0, 0.05) is 12.6 Å². The summed E-state index contributed by atoms with van der Waals surface area (Å²) >= 11 is 0. The zero-order valence-corrected chi connectivity index (χ0v) is 9.22. The van der Waals surface area contributed by atoms with E-state index < -0.39 is 4.92 Å². The summed E-state index contributed by atoms with van der Waals surface area (Å²) < 4.78 is 0. The summed E-state index contributed by atoms with van der Waals surface area (Å²) in [4.78, 5) is 13.9. The highest BCUT2D eigenvalue weighted by Crippen LogP contribution is 2.32. The Kier molecular flexibility index (Phi) is 3.19. The monoisotopic (exact) mass is 232 g/mol. The Morgan fingerprint density at radius 1 is 1.65 bits per heavy atom. The predicted octanol–water partition coefficient (Wildman–Crippen LogP) is 2.07. The molecule has 2 rings (SSSR count). The van der Waals surface area contributed by atoms with Crippen LogP contribution in [0.3, 0.4) is 0 Å². The van der Waals surface area contributed by atoms with Crippen LogP contribution in [0.2, 0.25) is 0 Å². The van der Waals surface area contributed by atoms with Gasteiger partial charge in [0.25, 0.3) is 5.69 Å². The van der Waals surface area contributed by atoms with Crippen LogP contribution in [-0.4, -0.2) is 16.5 Å². The zero-order valence-electron chi connectivity index (χ0n) is 9.22. The number of hydrogen-bond donors (Lipinski definition) is 1. The van der Waals surface area contributed by atoms with E-state index in [4.69, 9.17) is 5.26 Å². The number of rotatable bonds is 5. The lowest BCUT2D eigenvalue weighted by Gasteiger charge is -2.05. The van der Waals surface area contributed by atoms with E-state index in [1.807, 2.05) is 6.07 Å². The third-order valence-corrected chi connectivity index (χ3v) is 2.75. The van der Waals surface area contributed by atoms with Crippen LogP contribution < -0.4 is 5.32 Å².